The molecular weight excluding hydrogens is 188 g/mol. The van der Waals surface area contributed by atoms with Crippen LogP contribution >= 0.6 is 0 Å². The van der Waals surface area contributed by atoms with Gasteiger partial charge in [-0.1, -0.05) is 0 Å². The minimum atomic E-state index is -0.00176. The first kappa shape index (κ1) is 10.0. The van der Waals surface area contributed by atoms with Crippen molar-refractivity contribution in [2.75, 3.05) is 5.73 Å². The maximum absolute atomic E-state index is 11.8. The highest BCUT2D eigenvalue weighted by Gasteiger charge is 2.38. The summed E-state index contributed by atoms with van der Waals surface area (Å²) in [6, 6.07) is 5.37. The molecule has 0 aliphatic heterocycles. The molecule has 0 spiro atoms. The van der Waals surface area contributed by atoms with Crippen LogP contribution < -0.4 is 11.1 Å². The third-order valence-corrected chi connectivity index (χ3v) is 2.95. The molecule has 1 fully saturated rings. The molecule has 2 rings (SSSR count). The summed E-state index contributed by atoms with van der Waals surface area (Å²) in [4.78, 5) is 11.8. The fourth-order valence-electron chi connectivity index (χ4n) is 1.48. The summed E-state index contributed by atoms with van der Waals surface area (Å²) in [7, 11) is 0. The lowest BCUT2D eigenvalue weighted by Gasteiger charge is -2.12. The van der Waals surface area contributed by atoms with Crippen LogP contribution in [0.5, 0.6) is 0 Å². The van der Waals surface area contributed by atoms with E-state index in [1.54, 1.807) is 12.1 Å². The molecule has 1 aliphatic carbocycles. The number of nitrogens with one attached hydrogen (secondary N) is 1. The first-order chi connectivity index (χ1) is 7.00. The molecule has 1 aromatic carbocycles. The highest BCUT2D eigenvalue weighted by Crippen LogP contribution is 2.34. The molecule has 0 radical (unpaired) electrons. The molecule has 0 unspecified atom stereocenters. The Hall–Kier alpha value is -1.51. The second kappa shape index (κ2) is 3.26. The zero-order chi connectivity index (χ0) is 11.1. The SMILES string of the molecule is Cc1cc(C(=O)NC2(C)CC2)ccc1N. The summed E-state index contributed by atoms with van der Waals surface area (Å²) in [5.74, 6) is -0.00176. The number of aryl methyl sites for hydroxylation is 1. The van der Waals surface area contributed by atoms with E-state index in [-0.39, 0.29) is 11.4 Å². The third-order valence-electron chi connectivity index (χ3n) is 2.95. The van der Waals surface area contributed by atoms with Crippen molar-refractivity contribution in [3.63, 3.8) is 0 Å². The topological polar surface area (TPSA) is 55.1 Å². The zero-order valence-electron chi connectivity index (χ0n) is 9.13. The first-order valence-corrected chi connectivity index (χ1v) is 5.19. The van der Waals surface area contributed by atoms with Crippen molar-refractivity contribution in [1.82, 2.24) is 5.32 Å². The van der Waals surface area contributed by atoms with Gasteiger partial charge in [-0.05, 0) is 50.5 Å². The molecule has 1 aliphatic rings. The van der Waals surface area contributed by atoms with Gasteiger partial charge in [0.1, 0.15) is 0 Å². The molecule has 1 saturated carbocycles. The van der Waals surface area contributed by atoms with E-state index in [2.05, 4.69) is 12.2 Å². The molecule has 0 saturated heterocycles. The van der Waals surface area contributed by atoms with Gasteiger partial charge >= 0.3 is 0 Å². The number of carbonyl (C=O) groups excluding carboxylic acids is 1. The Bertz CT molecular complexity index is 408. The van der Waals surface area contributed by atoms with Crippen LogP contribution in [0.3, 0.4) is 0 Å². The van der Waals surface area contributed by atoms with E-state index in [1.807, 2.05) is 13.0 Å². The Morgan fingerprint density at radius 1 is 1.47 bits per heavy atom. The van der Waals surface area contributed by atoms with Crippen molar-refractivity contribution < 1.29 is 4.79 Å². The average Bonchev–Trinajstić information content (AvgIpc) is 2.88. The summed E-state index contributed by atoms with van der Waals surface area (Å²) in [6.45, 7) is 3.97. The van der Waals surface area contributed by atoms with Crippen molar-refractivity contribution in [3.8, 4) is 0 Å². The number of hydrogen-bond donors (Lipinski definition) is 2. The van der Waals surface area contributed by atoms with Crippen molar-refractivity contribution in [1.29, 1.82) is 0 Å². The van der Waals surface area contributed by atoms with Crippen LogP contribution in [0.2, 0.25) is 0 Å². The molecule has 3 nitrogen and oxygen atoms in total. The third kappa shape index (κ3) is 2.12. The van der Waals surface area contributed by atoms with E-state index in [1.165, 1.54) is 0 Å². The van der Waals surface area contributed by atoms with E-state index in [9.17, 15) is 4.79 Å². The van der Waals surface area contributed by atoms with Gasteiger partial charge in [0.05, 0.1) is 0 Å². The molecule has 0 atom stereocenters. The van der Waals surface area contributed by atoms with E-state index >= 15 is 0 Å². The summed E-state index contributed by atoms with van der Waals surface area (Å²) in [6.07, 6.45) is 2.15. The monoisotopic (exact) mass is 204 g/mol. The standard InChI is InChI=1S/C12H16N2O/c1-8-7-9(3-4-10(8)13)11(15)14-12(2)5-6-12/h3-4,7H,5-6,13H2,1-2H3,(H,14,15). The highest BCUT2D eigenvalue weighted by molar-refractivity contribution is 5.95. The second-order valence-electron chi connectivity index (χ2n) is 4.59. The van der Waals surface area contributed by atoms with Gasteiger partial charge in [-0.25, -0.2) is 0 Å². The minimum absolute atomic E-state index is 0.00176. The van der Waals surface area contributed by atoms with Crippen molar-refractivity contribution in [2.24, 2.45) is 0 Å². The van der Waals surface area contributed by atoms with E-state index in [0.717, 1.165) is 24.1 Å². The average molecular weight is 204 g/mol. The Labute approximate surface area is 89.7 Å². The number of amides is 1. The van der Waals surface area contributed by atoms with E-state index in [4.69, 9.17) is 5.73 Å². The number of hydrogen-bond acceptors (Lipinski definition) is 2. The van der Waals surface area contributed by atoms with Crippen molar-refractivity contribution >= 4 is 11.6 Å². The molecule has 1 amide bonds. The van der Waals surface area contributed by atoms with Gasteiger partial charge in [0.15, 0.2) is 0 Å². The quantitative estimate of drug-likeness (QED) is 0.722. The van der Waals surface area contributed by atoms with Crippen molar-refractivity contribution in [2.45, 2.75) is 32.2 Å². The molecule has 1 aromatic rings. The fraction of sp³-hybridized carbons (Fsp3) is 0.417. The van der Waals surface area contributed by atoms with Gasteiger partial charge in [-0.15, -0.1) is 0 Å². The maximum atomic E-state index is 11.8. The minimum Gasteiger partial charge on any atom is -0.399 e. The number of nitrogen functional groups attached to an aromatic ring is 1. The van der Waals surface area contributed by atoms with Crippen LogP contribution in [0, 0.1) is 6.92 Å². The maximum Gasteiger partial charge on any atom is 0.251 e. The van der Waals surface area contributed by atoms with Crippen LogP contribution in [-0.2, 0) is 0 Å². The smallest absolute Gasteiger partial charge is 0.251 e. The lowest BCUT2D eigenvalue weighted by molar-refractivity contribution is 0.0935. The number of nitrogens with two attached hydrogens (primary N) is 1. The molecule has 3 heteroatoms. The van der Waals surface area contributed by atoms with E-state index < -0.39 is 0 Å². The highest BCUT2D eigenvalue weighted by atomic mass is 16.1. The van der Waals surface area contributed by atoms with Crippen LogP contribution in [0.25, 0.3) is 0 Å². The lowest BCUT2D eigenvalue weighted by Crippen LogP contribution is -2.34. The number of benzene rings is 1. The Kier molecular flexibility index (Phi) is 2.18. The fourth-order valence-corrected chi connectivity index (χ4v) is 1.48. The predicted molar refractivity (Wildman–Crippen MR) is 60.7 cm³/mol. The molecule has 0 bridgehead atoms. The lowest BCUT2D eigenvalue weighted by atomic mass is 10.1. The van der Waals surface area contributed by atoms with Gasteiger partial charge < -0.3 is 11.1 Å². The van der Waals surface area contributed by atoms with Crippen LogP contribution in [-0.4, -0.2) is 11.4 Å². The van der Waals surface area contributed by atoms with Gasteiger partial charge in [-0.2, -0.15) is 0 Å². The number of carbonyl (C=O) groups is 1. The second-order valence-corrected chi connectivity index (χ2v) is 4.59. The van der Waals surface area contributed by atoms with Gasteiger partial charge in [0.25, 0.3) is 5.91 Å². The summed E-state index contributed by atoms with van der Waals surface area (Å²) >= 11 is 0. The largest absolute Gasteiger partial charge is 0.399 e. The Morgan fingerprint density at radius 3 is 2.67 bits per heavy atom. The first-order valence-electron chi connectivity index (χ1n) is 5.19. The number of rotatable bonds is 2. The van der Waals surface area contributed by atoms with E-state index in [0.29, 0.717) is 5.56 Å². The zero-order valence-corrected chi connectivity index (χ0v) is 9.13. The van der Waals surface area contributed by atoms with Crippen molar-refractivity contribution in [3.05, 3.63) is 29.3 Å². The summed E-state index contributed by atoms with van der Waals surface area (Å²) in [5.41, 5.74) is 8.09. The van der Waals surface area contributed by atoms with Crippen LogP contribution in [0.15, 0.2) is 18.2 Å². The van der Waals surface area contributed by atoms with Crippen LogP contribution in [0.4, 0.5) is 5.69 Å². The van der Waals surface area contributed by atoms with Gasteiger partial charge in [0, 0.05) is 16.8 Å². The molecule has 0 aromatic heterocycles. The van der Waals surface area contributed by atoms with Gasteiger partial charge in [0.2, 0.25) is 0 Å². The van der Waals surface area contributed by atoms with Crippen LogP contribution in [0.1, 0.15) is 35.7 Å². The molecule has 15 heavy (non-hydrogen) atoms. The Balaban J connectivity index is 2.15. The number of anilines is 1. The molecule has 0 heterocycles. The predicted octanol–water partition coefficient (Wildman–Crippen LogP) is 1.86. The van der Waals surface area contributed by atoms with Gasteiger partial charge in [-0.3, -0.25) is 4.79 Å². The molecule has 80 valence electrons. The molecule has 3 N–H and O–H groups in total. The summed E-state index contributed by atoms with van der Waals surface area (Å²) in [5, 5.41) is 3.01. The molecular formula is C12H16N2O. The Morgan fingerprint density at radius 2 is 2.13 bits per heavy atom. The summed E-state index contributed by atoms with van der Waals surface area (Å²) < 4.78 is 0. The normalized spacial score (nSPS) is 17.2.